The lowest BCUT2D eigenvalue weighted by atomic mass is 10.5. The molecular weight excluding hydrogens is 390 g/mol. The third-order valence-electron chi connectivity index (χ3n) is 3.86. The van der Waals surface area contributed by atoms with E-state index >= 15 is 0 Å². The summed E-state index contributed by atoms with van der Waals surface area (Å²) in [6.07, 6.45) is 0.402. The molecule has 162 valence electrons. The summed E-state index contributed by atoms with van der Waals surface area (Å²) in [6, 6.07) is 0.433. The van der Waals surface area contributed by atoms with Crippen molar-refractivity contribution in [3.8, 4) is 0 Å². The van der Waals surface area contributed by atoms with Crippen molar-refractivity contribution >= 4 is 8.80 Å². The Bertz CT molecular complexity index is 711. The van der Waals surface area contributed by atoms with Gasteiger partial charge in [-0.25, -0.2) is 28.1 Å². The number of ether oxygens (including phenoxy) is 2. The van der Waals surface area contributed by atoms with Crippen LogP contribution in [0.5, 0.6) is 0 Å². The number of aromatic nitrogens is 3. The standard InChI is InChI=1S/C16H31N3O8Si/c1-6-25-28(26-7-2,27-8-3)11-9-10-17-14(20)18(12-23-4)16(22)19(13-24-5)15(17)21/h6-13H2,1-5H3. The number of hydrogen-bond acceptors (Lipinski definition) is 8. The summed E-state index contributed by atoms with van der Waals surface area (Å²) < 4.78 is 29.8. The first-order valence-corrected chi connectivity index (χ1v) is 11.2. The van der Waals surface area contributed by atoms with Crippen LogP contribution in [0.2, 0.25) is 6.04 Å². The van der Waals surface area contributed by atoms with Gasteiger partial charge in [-0.15, -0.1) is 0 Å². The highest BCUT2D eigenvalue weighted by Crippen LogP contribution is 2.18. The van der Waals surface area contributed by atoms with E-state index in [2.05, 4.69) is 0 Å². The summed E-state index contributed by atoms with van der Waals surface area (Å²) in [7, 11) is -0.184. The van der Waals surface area contributed by atoms with Crippen molar-refractivity contribution < 1.29 is 22.8 Å². The number of nitrogens with zero attached hydrogens (tertiary/aromatic N) is 3. The van der Waals surface area contributed by atoms with Crippen LogP contribution in [0, 0.1) is 0 Å². The van der Waals surface area contributed by atoms with Gasteiger partial charge < -0.3 is 22.8 Å². The SMILES string of the molecule is CCO[Si](CCCn1c(=O)n(COC)c(=O)n(COC)c1=O)(OCC)OCC. The summed E-state index contributed by atoms with van der Waals surface area (Å²) >= 11 is 0. The van der Waals surface area contributed by atoms with Gasteiger partial charge in [0.2, 0.25) is 0 Å². The minimum absolute atomic E-state index is 0.0767. The molecule has 0 atom stereocenters. The first-order chi connectivity index (χ1) is 13.4. The fraction of sp³-hybridized carbons (Fsp3) is 0.812. The van der Waals surface area contributed by atoms with E-state index in [-0.39, 0.29) is 20.0 Å². The van der Waals surface area contributed by atoms with Crippen molar-refractivity contribution in [1.29, 1.82) is 0 Å². The first kappa shape index (κ1) is 24.5. The van der Waals surface area contributed by atoms with Gasteiger partial charge in [0.05, 0.1) is 0 Å². The predicted octanol–water partition coefficient (Wildman–Crippen LogP) is -0.182. The molecule has 0 amide bonds. The molecule has 0 unspecified atom stereocenters. The molecule has 0 radical (unpaired) electrons. The van der Waals surface area contributed by atoms with Crippen LogP contribution in [-0.4, -0.2) is 56.5 Å². The highest BCUT2D eigenvalue weighted by atomic mass is 28.4. The van der Waals surface area contributed by atoms with Gasteiger partial charge in [-0.1, -0.05) is 0 Å². The molecule has 0 bridgehead atoms. The Hall–Kier alpha value is -1.57. The van der Waals surface area contributed by atoms with Gasteiger partial charge in [0, 0.05) is 46.6 Å². The van der Waals surface area contributed by atoms with Gasteiger partial charge in [-0.3, -0.25) is 0 Å². The summed E-state index contributed by atoms with van der Waals surface area (Å²) in [6.45, 7) is 6.42. The highest BCUT2D eigenvalue weighted by Gasteiger charge is 2.39. The van der Waals surface area contributed by atoms with Gasteiger partial charge in [-0.05, 0) is 27.2 Å². The fourth-order valence-corrected chi connectivity index (χ4v) is 5.40. The molecule has 0 aliphatic heterocycles. The van der Waals surface area contributed by atoms with Crippen LogP contribution in [-0.2, 0) is 42.8 Å². The monoisotopic (exact) mass is 421 g/mol. The minimum atomic E-state index is -2.89. The van der Waals surface area contributed by atoms with E-state index in [0.29, 0.717) is 32.3 Å². The van der Waals surface area contributed by atoms with Gasteiger partial charge in [-0.2, -0.15) is 0 Å². The second-order valence-electron chi connectivity index (χ2n) is 5.78. The molecule has 1 aromatic rings. The molecule has 1 aromatic heterocycles. The lowest BCUT2D eigenvalue weighted by Gasteiger charge is -2.28. The van der Waals surface area contributed by atoms with E-state index in [4.69, 9.17) is 22.8 Å². The van der Waals surface area contributed by atoms with Crippen LogP contribution in [0.25, 0.3) is 0 Å². The first-order valence-electron chi connectivity index (χ1n) is 9.25. The average molecular weight is 422 g/mol. The molecule has 1 heterocycles. The molecule has 0 aliphatic carbocycles. The number of hydrogen-bond donors (Lipinski definition) is 0. The van der Waals surface area contributed by atoms with E-state index in [0.717, 1.165) is 13.7 Å². The van der Waals surface area contributed by atoms with Crippen LogP contribution < -0.4 is 17.1 Å². The molecule has 0 saturated carbocycles. The van der Waals surface area contributed by atoms with Crippen molar-refractivity contribution in [2.24, 2.45) is 0 Å². The summed E-state index contributed by atoms with van der Waals surface area (Å²) in [4.78, 5) is 37.5. The average Bonchev–Trinajstić information content (AvgIpc) is 2.66. The van der Waals surface area contributed by atoms with Crippen molar-refractivity contribution in [3.63, 3.8) is 0 Å². The second kappa shape index (κ2) is 12.1. The Kier molecular flexibility index (Phi) is 10.6. The van der Waals surface area contributed by atoms with Crippen molar-refractivity contribution in [1.82, 2.24) is 13.7 Å². The Morgan fingerprint density at radius 3 is 1.46 bits per heavy atom. The van der Waals surface area contributed by atoms with Gasteiger partial charge in [0.25, 0.3) is 0 Å². The zero-order valence-electron chi connectivity index (χ0n) is 17.3. The van der Waals surface area contributed by atoms with Gasteiger partial charge in [0.15, 0.2) is 0 Å². The summed E-state index contributed by atoms with van der Waals surface area (Å²) in [5, 5.41) is 0. The van der Waals surface area contributed by atoms with Crippen LogP contribution in [0.4, 0.5) is 0 Å². The summed E-state index contributed by atoms with van der Waals surface area (Å²) in [5.41, 5.74) is -2.25. The van der Waals surface area contributed by atoms with Crippen molar-refractivity contribution in [3.05, 3.63) is 31.5 Å². The third kappa shape index (κ3) is 5.96. The topological polar surface area (TPSA) is 112 Å². The fourth-order valence-electron chi connectivity index (χ4n) is 2.81. The Balaban J connectivity index is 3.18. The van der Waals surface area contributed by atoms with Gasteiger partial charge in [0.1, 0.15) is 13.5 Å². The Morgan fingerprint density at radius 2 is 1.11 bits per heavy atom. The maximum atomic E-state index is 12.6. The van der Waals surface area contributed by atoms with E-state index in [1.54, 1.807) is 0 Å². The van der Waals surface area contributed by atoms with Crippen LogP contribution >= 0.6 is 0 Å². The maximum Gasteiger partial charge on any atom is 0.500 e. The van der Waals surface area contributed by atoms with E-state index in [1.165, 1.54) is 14.2 Å². The molecule has 12 heteroatoms. The van der Waals surface area contributed by atoms with Crippen molar-refractivity contribution in [2.75, 3.05) is 34.0 Å². The number of methoxy groups -OCH3 is 2. The molecule has 11 nitrogen and oxygen atoms in total. The quantitative estimate of drug-likeness (QED) is 0.380. The lowest BCUT2D eigenvalue weighted by molar-refractivity contribution is 0.0701. The zero-order chi connectivity index (χ0) is 21.2. The normalized spacial score (nSPS) is 11.9. The Morgan fingerprint density at radius 1 is 0.714 bits per heavy atom. The number of rotatable bonds is 14. The molecule has 0 spiro atoms. The smallest absolute Gasteiger partial charge is 0.374 e. The molecule has 1 rings (SSSR count). The lowest BCUT2D eigenvalue weighted by Crippen LogP contribution is -2.55. The van der Waals surface area contributed by atoms with E-state index < -0.39 is 25.9 Å². The molecule has 0 aromatic carbocycles. The maximum absolute atomic E-state index is 12.6. The van der Waals surface area contributed by atoms with E-state index in [1.807, 2.05) is 20.8 Å². The van der Waals surface area contributed by atoms with Crippen LogP contribution in [0.15, 0.2) is 14.4 Å². The molecule has 0 N–H and O–H groups in total. The molecule has 28 heavy (non-hydrogen) atoms. The summed E-state index contributed by atoms with van der Waals surface area (Å²) in [5.74, 6) is 0. The Labute approximate surface area is 164 Å². The second-order valence-corrected chi connectivity index (χ2v) is 8.51. The van der Waals surface area contributed by atoms with Gasteiger partial charge >= 0.3 is 25.9 Å². The zero-order valence-corrected chi connectivity index (χ0v) is 18.3. The minimum Gasteiger partial charge on any atom is -0.374 e. The molecule has 0 saturated heterocycles. The van der Waals surface area contributed by atoms with Crippen molar-refractivity contribution in [2.45, 2.75) is 53.2 Å². The van der Waals surface area contributed by atoms with Crippen LogP contribution in [0.1, 0.15) is 27.2 Å². The van der Waals surface area contributed by atoms with Crippen LogP contribution in [0.3, 0.4) is 0 Å². The largest absolute Gasteiger partial charge is 0.500 e. The predicted molar refractivity (Wildman–Crippen MR) is 103 cm³/mol. The molecule has 0 fully saturated rings. The third-order valence-corrected chi connectivity index (χ3v) is 7.01. The molecule has 0 aliphatic rings. The molecular formula is C16H31N3O8Si. The van der Waals surface area contributed by atoms with E-state index in [9.17, 15) is 14.4 Å². The highest BCUT2D eigenvalue weighted by molar-refractivity contribution is 6.60.